The van der Waals surface area contributed by atoms with Crippen LogP contribution in [-0.2, 0) is 9.57 Å². The van der Waals surface area contributed by atoms with Gasteiger partial charge in [-0.25, -0.2) is 13.6 Å². The van der Waals surface area contributed by atoms with Gasteiger partial charge in [-0.15, -0.1) is 0 Å². The van der Waals surface area contributed by atoms with E-state index in [0.29, 0.717) is 31.5 Å². The minimum atomic E-state index is -0.856. The Hall–Kier alpha value is -3.43. The second-order valence-electron chi connectivity index (χ2n) is 10.0. The minimum Gasteiger partial charge on any atom is -0.444 e. The molecule has 0 bridgehead atoms. The topological polar surface area (TPSA) is 73.1 Å². The van der Waals surface area contributed by atoms with Crippen molar-refractivity contribution < 1.29 is 23.1 Å². The van der Waals surface area contributed by atoms with E-state index in [1.807, 2.05) is 0 Å². The van der Waals surface area contributed by atoms with Gasteiger partial charge in [0.05, 0.1) is 15.7 Å². The van der Waals surface area contributed by atoms with Crippen LogP contribution in [0, 0.1) is 11.6 Å². The molecule has 0 atom stereocenters. The standard InChI is InChI=1S/C28H27Cl2F2N3O4/c1-28(2,3)38-27(37)34-13-11-19(12-14-34)39-33-25(20-9-8-18(31)15-23(20)32)17-7-10-24(36)35(16-17)26-21(29)5-4-6-22(26)30/h4-10,15-16,19H,11-14H2,1-3H3/b33-25+. The largest absolute Gasteiger partial charge is 0.444 e. The highest BCUT2D eigenvalue weighted by Crippen LogP contribution is 2.28. The number of piperidine rings is 1. The second-order valence-corrected chi connectivity index (χ2v) is 10.8. The Balaban J connectivity index is 1.65. The zero-order valence-corrected chi connectivity index (χ0v) is 23.1. The molecule has 11 heteroatoms. The first kappa shape index (κ1) is 28.6. The Labute approximate surface area is 234 Å². The summed E-state index contributed by atoms with van der Waals surface area (Å²) >= 11 is 12.6. The Morgan fingerprint density at radius 3 is 2.31 bits per heavy atom. The number of rotatable bonds is 5. The molecule has 0 aliphatic carbocycles. The van der Waals surface area contributed by atoms with Gasteiger partial charge in [0.1, 0.15) is 29.1 Å². The molecule has 1 aliphatic heterocycles. The van der Waals surface area contributed by atoms with Crippen molar-refractivity contribution >= 4 is 35.0 Å². The van der Waals surface area contributed by atoms with E-state index in [1.54, 1.807) is 43.9 Å². The van der Waals surface area contributed by atoms with Crippen molar-refractivity contribution in [1.29, 1.82) is 0 Å². The first-order valence-corrected chi connectivity index (χ1v) is 13.0. The van der Waals surface area contributed by atoms with E-state index in [2.05, 4.69) is 5.16 Å². The number of carbonyl (C=O) groups is 1. The van der Waals surface area contributed by atoms with Gasteiger partial charge in [0.2, 0.25) is 0 Å². The molecule has 39 heavy (non-hydrogen) atoms. The summed E-state index contributed by atoms with van der Waals surface area (Å²) in [7, 11) is 0. The molecule has 2 aromatic carbocycles. The van der Waals surface area contributed by atoms with Crippen LogP contribution in [-0.4, -0.2) is 46.1 Å². The van der Waals surface area contributed by atoms with Crippen LogP contribution in [0.15, 0.2) is 64.7 Å². The molecule has 0 N–H and O–H groups in total. The third kappa shape index (κ3) is 6.96. The van der Waals surface area contributed by atoms with E-state index >= 15 is 0 Å². The molecular weight excluding hydrogens is 551 g/mol. The molecule has 1 saturated heterocycles. The molecule has 1 aromatic heterocycles. The van der Waals surface area contributed by atoms with Crippen LogP contribution in [0.2, 0.25) is 10.0 Å². The number of carbonyl (C=O) groups excluding carboxylic acids is 1. The number of likely N-dealkylation sites (tertiary alicyclic amines) is 1. The quantitative estimate of drug-likeness (QED) is 0.253. The maximum atomic E-state index is 14.9. The molecule has 1 amide bonds. The summed E-state index contributed by atoms with van der Waals surface area (Å²) in [6.45, 7) is 6.19. The maximum absolute atomic E-state index is 14.9. The van der Waals surface area contributed by atoms with Crippen molar-refractivity contribution in [3.8, 4) is 5.69 Å². The molecule has 0 radical (unpaired) electrons. The van der Waals surface area contributed by atoms with Crippen LogP contribution in [0.1, 0.15) is 44.7 Å². The van der Waals surface area contributed by atoms with Crippen LogP contribution in [0.25, 0.3) is 5.69 Å². The Morgan fingerprint density at radius 2 is 1.69 bits per heavy atom. The highest BCUT2D eigenvalue weighted by atomic mass is 35.5. The van der Waals surface area contributed by atoms with E-state index in [4.69, 9.17) is 32.8 Å². The van der Waals surface area contributed by atoms with Crippen LogP contribution < -0.4 is 5.56 Å². The van der Waals surface area contributed by atoms with E-state index in [9.17, 15) is 18.4 Å². The lowest BCUT2D eigenvalue weighted by atomic mass is 10.0. The lowest BCUT2D eigenvalue weighted by Gasteiger charge is -2.32. The van der Waals surface area contributed by atoms with Gasteiger partial charge in [-0.2, -0.15) is 0 Å². The molecule has 0 spiro atoms. The zero-order valence-electron chi connectivity index (χ0n) is 21.6. The van der Waals surface area contributed by atoms with Gasteiger partial charge >= 0.3 is 6.09 Å². The summed E-state index contributed by atoms with van der Waals surface area (Å²) in [6.07, 6.45) is 1.59. The third-order valence-corrected chi connectivity index (χ3v) is 6.55. The molecule has 206 valence electrons. The Kier molecular flexibility index (Phi) is 8.61. The number of benzene rings is 2. The molecule has 7 nitrogen and oxygen atoms in total. The summed E-state index contributed by atoms with van der Waals surface area (Å²) in [5.74, 6) is -1.61. The minimum absolute atomic E-state index is 0.0296. The number of hydrogen-bond donors (Lipinski definition) is 0. The fraction of sp³-hybridized carbons (Fsp3) is 0.321. The molecular formula is C28H27Cl2F2N3O4. The summed E-state index contributed by atoms with van der Waals surface area (Å²) in [6, 6.07) is 10.6. The lowest BCUT2D eigenvalue weighted by Crippen LogP contribution is -2.43. The Bertz CT molecular complexity index is 1440. The number of halogens is 4. The number of nitrogens with zero attached hydrogens (tertiary/aromatic N) is 3. The van der Waals surface area contributed by atoms with Gasteiger partial charge in [0.25, 0.3) is 5.56 Å². The van der Waals surface area contributed by atoms with E-state index in [-0.39, 0.29) is 33.1 Å². The predicted molar refractivity (Wildman–Crippen MR) is 146 cm³/mol. The van der Waals surface area contributed by atoms with Crippen LogP contribution in [0.3, 0.4) is 0 Å². The molecule has 0 unspecified atom stereocenters. The van der Waals surface area contributed by atoms with Gasteiger partial charge in [-0.1, -0.05) is 34.4 Å². The van der Waals surface area contributed by atoms with E-state index < -0.39 is 28.9 Å². The van der Waals surface area contributed by atoms with Crippen LogP contribution in [0.5, 0.6) is 0 Å². The number of hydrogen-bond acceptors (Lipinski definition) is 5. The van der Waals surface area contributed by atoms with Crippen molar-refractivity contribution in [2.45, 2.75) is 45.3 Å². The van der Waals surface area contributed by atoms with Crippen molar-refractivity contribution in [2.24, 2.45) is 5.16 Å². The number of amides is 1. The van der Waals surface area contributed by atoms with E-state index in [1.165, 1.54) is 29.0 Å². The summed E-state index contributed by atoms with van der Waals surface area (Å²) < 4.78 is 35.3. The number of oxime groups is 1. The molecule has 1 fully saturated rings. The first-order valence-electron chi connectivity index (χ1n) is 12.3. The van der Waals surface area contributed by atoms with Gasteiger partial charge in [-0.3, -0.25) is 9.36 Å². The molecule has 3 aromatic rings. The van der Waals surface area contributed by atoms with Crippen molar-refractivity contribution in [2.75, 3.05) is 13.1 Å². The fourth-order valence-corrected chi connectivity index (χ4v) is 4.64. The average molecular weight is 578 g/mol. The maximum Gasteiger partial charge on any atom is 0.410 e. The summed E-state index contributed by atoms with van der Waals surface area (Å²) in [5, 5.41) is 4.73. The molecule has 2 heterocycles. The van der Waals surface area contributed by atoms with Crippen molar-refractivity contribution in [1.82, 2.24) is 9.47 Å². The highest BCUT2D eigenvalue weighted by Gasteiger charge is 2.28. The SMILES string of the molecule is CC(C)(C)OC(=O)N1CCC(O/N=C(\c2ccc(=O)n(-c3c(Cl)cccc3Cl)c2)c2ccc(F)cc2F)CC1. The predicted octanol–water partition coefficient (Wildman–Crippen LogP) is 6.59. The van der Waals surface area contributed by atoms with E-state index in [0.717, 1.165) is 12.1 Å². The van der Waals surface area contributed by atoms with Gasteiger partial charge in [0.15, 0.2) is 0 Å². The first-order chi connectivity index (χ1) is 18.4. The Morgan fingerprint density at radius 1 is 1.03 bits per heavy atom. The van der Waals surface area contributed by atoms with Crippen molar-refractivity contribution in [3.63, 3.8) is 0 Å². The zero-order chi connectivity index (χ0) is 28.3. The normalized spacial score (nSPS) is 14.8. The van der Waals surface area contributed by atoms with Crippen LogP contribution >= 0.6 is 23.2 Å². The van der Waals surface area contributed by atoms with Gasteiger partial charge < -0.3 is 14.5 Å². The molecule has 1 aliphatic rings. The molecule has 0 saturated carbocycles. The number of pyridine rings is 1. The van der Waals surface area contributed by atoms with Crippen molar-refractivity contribution in [3.05, 3.63) is 97.9 Å². The van der Waals surface area contributed by atoms with Gasteiger partial charge in [-0.05, 0) is 51.1 Å². The second kappa shape index (κ2) is 11.8. The lowest BCUT2D eigenvalue weighted by molar-refractivity contribution is -0.00978. The smallest absolute Gasteiger partial charge is 0.410 e. The monoisotopic (exact) mass is 577 g/mol. The average Bonchev–Trinajstić information content (AvgIpc) is 2.86. The third-order valence-electron chi connectivity index (χ3n) is 5.94. The number of ether oxygens (including phenoxy) is 1. The molecule has 4 rings (SSSR count). The fourth-order valence-electron chi connectivity index (χ4n) is 4.06. The highest BCUT2D eigenvalue weighted by molar-refractivity contribution is 6.37. The van der Waals surface area contributed by atoms with Crippen LogP contribution in [0.4, 0.5) is 13.6 Å². The number of aromatic nitrogens is 1. The van der Waals surface area contributed by atoms with Gasteiger partial charge in [0, 0.05) is 55.4 Å². The summed E-state index contributed by atoms with van der Waals surface area (Å²) in [5.41, 5.74) is -0.461. The summed E-state index contributed by atoms with van der Waals surface area (Å²) in [4.78, 5) is 32.5. The number of para-hydroxylation sites is 1.